The molecule has 2 aromatic carbocycles. The molecule has 26 heavy (non-hydrogen) atoms. The van der Waals surface area contributed by atoms with Gasteiger partial charge in [0.25, 0.3) is 0 Å². The zero-order valence-electron chi connectivity index (χ0n) is 15.7. The molecule has 0 spiro atoms. The van der Waals surface area contributed by atoms with E-state index in [1.807, 2.05) is 12.1 Å². The molecule has 1 aliphatic rings. The van der Waals surface area contributed by atoms with Crippen LogP contribution in [0.15, 0.2) is 48.5 Å². The van der Waals surface area contributed by atoms with Crippen molar-refractivity contribution in [3.63, 3.8) is 0 Å². The minimum absolute atomic E-state index is 0.141. The van der Waals surface area contributed by atoms with Crippen LogP contribution in [0.4, 0.5) is 5.82 Å². The van der Waals surface area contributed by atoms with Gasteiger partial charge in [-0.25, -0.2) is 9.97 Å². The smallest absolute Gasteiger partial charge is 0.162 e. The molecule has 134 valence electrons. The lowest BCUT2D eigenvalue weighted by molar-refractivity contribution is 0.122. The van der Waals surface area contributed by atoms with Crippen LogP contribution in [0.25, 0.3) is 22.3 Å². The zero-order chi connectivity index (χ0) is 18.1. The number of ether oxygens (including phenoxy) is 1. The van der Waals surface area contributed by atoms with Crippen LogP contribution in [0, 0.1) is 0 Å². The van der Waals surface area contributed by atoms with Gasteiger partial charge < -0.3 is 9.64 Å². The number of fused-ring (bicyclic) bond motifs is 1. The van der Waals surface area contributed by atoms with Crippen molar-refractivity contribution in [3.8, 4) is 11.4 Å². The van der Waals surface area contributed by atoms with Gasteiger partial charge in [0.05, 0.1) is 18.7 Å². The van der Waals surface area contributed by atoms with Crippen LogP contribution >= 0.6 is 0 Å². The van der Waals surface area contributed by atoms with Crippen molar-refractivity contribution in [2.24, 2.45) is 0 Å². The van der Waals surface area contributed by atoms with Crippen LogP contribution in [0.2, 0.25) is 0 Å². The van der Waals surface area contributed by atoms with E-state index in [2.05, 4.69) is 62.1 Å². The van der Waals surface area contributed by atoms with Crippen LogP contribution in [0.5, 0.6) is 0 Å². The van der Waals surface area contributed by atoms with Gasteiger partial charge in [-0.2, -0.15) is 0 Å². The number of nitrogens with zero attached hydrogens (tertiary/aromatic N) is 3. The molecule has 0 radical (unpaired) electrons. The first-order valence-corrected chi connectivity index (χ1v) is 9.23. The second-order valence-corrected chi connectivity index (χ2v) is 7.81. The quantitative estimate of drug-likeness (QED) is 0.687. The predicted octanol–water partition coefficient (Wildman–Crippen LogP) is 4.43. The van der Waals surface area contributed by atoms with Crippen LogP contribution in [0.1, 0.15) is 26.3 Å². The number of anilines is 1. The first-order valence-electron chi connectivity index (χ1n) is 9.23. The Bertz CT molecular complexity index is 907. The number of rotatable bonds is 2. The monoisotopic (exact) mass is 347 g/mol. The van der Waals surface area contributed by atoms with Gasteiger partial charge in [-0.3, -0.25) is 0 Å². The molecule has 3 aromatic rings. The van der Waals surface area contributed by atoms with Crippen molar-refractivity contribution in [2.75, 3.05) is 31.2 Å². The van der Waals surface area contributed by atoms with Gasteiger partial charge in [0, 0.05) is 24.0 Å². The summed E-state index contributed by atoms with van der Waals surface area (Å²) in [5, 5.41) is 1.10. The van der Waals surface area contributed by atoms with Crippen molar-refractivity contribution in [1.29, 1.82) is 0 Å². The highest BCUT2D eigenvalue weighted by molar-refractivity contribution is 5.91. The van der Waals surface area contributed by atoms with E-state index in [-0.39, 0.29) is 5.41 Å². The summed E-state index contributed by atoms with van der Waals surface area (Å²) in [6.45, 7) is 9.90. The first-order chi connectivity index (χ1) is 12.5. The Morgan fingerprint density at radius 2 is 1.58 bits per heavy atom. The average Bonchev–Trinajstić information content (AvgIpc) is 2.67. The Morgan fingerprint density at radius 3 is 2.27 bits per heavy atom. The average molecular weight is 347 g/mol. The number of morpholine rings is 1. The van der Waals surface area contributed by atoms with E-state index >= 15 is 0 Å². The van der Waals surface area contributed by atoms with Gasteiger partial charge in [-0.1, -0.05) is 57.2 Å². The van der Waals surface area contributed by atoms with E-state index in [0.717, 1.165) is 54.4 Å². The molecule has 2 heterocycles. The molecule has 1 fully saturated rings. The molecule has 0 atom stereocenters. The first kappa shape index (κ1) is 17.0. The summed E-state index contributed by atoms with van der Waals surface area (Å²) in [4.78, 5) is 12.1. The minimum atomic E-state index is 0.141. The molecular weight excluding hydrogens is 322 g/mol. The van der Waals surface area contributed by atoms with Gasteiger partial charge in [0.2, 0.25) is 0 Å². The Morgan fingerprint density at radius 1 is 0.885 bits per heavy atom. The van der Waals surface area contributed by atoms with E-state index in [0.29, 0.717) is 0 Å². The molecule has 0 aliphatic carbocycles. The Hall–Kier alpha value is -2.46. The van der Waals surface area contributed by atoms with Crippen molar-refractivity contribution >= 4 is 16.7 Å². The highest BCUT2D eigenvalue weighted by Crippen LogP contribution is 2.29. The van der Waals surface area contributed by atoms with Crippen molar-refractivity contribution < 1.29 is 4.74 Å². The lowest BCUT2D eigenvalue weighted by Crippen LogP contribution is -2.37. The molecule has 0 saturated carbocycles. The zero-order valence-corrected chi connectivity index (χ0v) is 15.7. The maximum Gasteiger partial charge on any atom is 0.162 e. The number of para-hydroxylation sites is 1. The SMILES string of the molecule is CC(C)(C)c1ccc(-c2nc(N3CCOCC3)c3ccccc3n2)cc1. The van der Waals surface area contributed by atoms with Gasteiger partial charge >= 0.3 is 0 Å². The molecule has 4 nitrogen and oxygen atoms in total. The topological polar surface area (TPSA) is 38.2 Å². The lowest BCUT2D eigenvalue weighted by Gasteiger charge is -2.29. The summed E-state index contributed by atoms with van der Waals surface area (Å²) >= 11 is 0. The van der Waals surface area contributed by atoms with E-state index in [9.17, 15) is 0 Å². The molecule has 1 saturated heterocycles. The van der Waals surface area contributed by atoms with Crippen LogP contribution in [-0.4, -0.2) is 36.3 Å². The van der Waals surface area contributed by atoms with E-state index in [4.69, 9.17) is 14.7 Å². The molecule has 1 aliphatic heterocycles. The number of aromatic nitrogens is 2. The summed E-state index contributed by atoms with van der Waals surface area (Å²) in [6, 6.07) is 16.9. The molecule has 0 bridgehead atoms. The molecule has 1 aromatic heterocycles. The number of benzene rings is 2. The normalized spacial score (nSPS) is 15.4. The molecular formula is C22H25N3O. The summed E-state index contributed by atoms with van der Waals surface area (Å²) in [5.41, 5.74) is 3.49. The standard InChI is InChI=1S/C22H25N3O/c1-22(2,3)17-10-8-16(9-11-17)20-23-19-7-5-4-6-18(19)21(24-20)25-12-14-26-15-13-25/h4-11H,12-15H2,1-3H3. The second kappa shape index (κ2) is 6.69. The molecule has 0 N–H and O–H groups in total. The Balaban J connectivity index is 1.80. The maximum absolute atomic E-state index is 5.51. The predicted molar refractivity (Wildman–Crippen MR) is 107 cm³/mol. The van der Waals surface area contributed by atoms with Crippen LogP contribution in [-0.2, 0) is 10.2 Å². The van der Waals surface area contributed by atoms with Gasteiger partial charge in [0.15, 0.2) is 5.82 Å². The van der Waals surface area contributed by atoms with Crippen molar-refractivity contribution in [1.82, 2.24) is 9.97 Å². The Labute approximate surface area is 154 Å². The fraction of sp³-hybridized carbons (Fsp3) is 0.364. The van der Waals surface area contributed by atoms with Crippen molar-refractivity contribution in [3.05, 3.63) is 54.1 Å². The van der Waals surface area contributed by atoms with Crippen molar-refractivity contribution in [2.45, 2.75) is 26.2 Å². The van der Waals surface area contributed by atoms with Gasteiger partial charge in [0.1, 0.15) is 5.82 Å². The lowest BCUT2D eigenvalue weighted by atomic mass is 9.87. The number of hydrogen-bond acceptors (Lipinski definition) is 4. The maximum atomic E-state index is 5.51. The fourth-order valence-corrected chi connectivity index (χ4v) is 3.32. The van der Waals surface area contributed by atoms with E-state index < -0.39 is 0 Å². The third-order valence-corrected chi connectivity index (χ3v) is 4.90. The highest BCUT2D eigenvalue weighted by atomic mass is 16.5. The summed E-state index contributed by atoms with van der Waals surface area (Å²) in [6.07, 6.45) is 0. The van der Waals surface area contributed by atoms with Gasteiger partial charge in [-0.15, -0.1) is 0 Å². The fourth-order valence-electron chi connectivity index (χ4n) is 3.32. The summed E-state index contributed by atoms with van der Waals surface area (Å²) in [5.74, 6) is 1.79. The summed E-state index contributed by atoms with van der Waals surface area (Å²) < 4.78 is 5.51. The highest BCUT2D eigenvalue weighted by Gasteiger charge is 2.18. The molecule has 4 heteroatoms. The van der Waals surface area contributed by atoms with Gasteiger partial charge in [-0.05, 0) is 23.1 Å². The largest absolute Gasteiger partial charge is 0.378 e. The third-order valence-electron chi connectivity index (χ3n) is 4.90. The van der Waals surface area contributed by atoms with Crippen LogP contribution in [0.3, 0.4) is 0 Å². The molecule has 4 rings (SSSR count). The van der Waals surface area contributed by atoms with E-state index in [1.165, 1.54) is 5.56 Å². The van der Waals surface area contributed by atoms with E-state index in [1.54, 1.807) is 0 Å². The second-order valence-electron chi connectivity index (χ2n) is 7.81. The molecule has 0 amide bonds. The van der Waals surface area contributed by atoms with Crippen LogP contribution < -0.4 is 4.90 Å². The summed E-state index contributed by atoms with van der Waals surface area (Å²) in [7, 11) is 0. The Kier molecular flexibility index (Phi) is 4.37. The minimum Gasteiger partial charge on any atom is -0.378 e. The third kappa shape index (κ3) is 3.29. The molecule has 0 unspecified atom stereocenters. The number of hydrogen-bond donors (Lipinski definition) is 0.